The fourth-order valence-corrected chi connectivity index (χ4v) is 8.48. The normalized spacial score (nSPS) is 14.7. The number of benzene rings is 8. The molecular weight excluding hydrogens is 677 g/mol. The number of hydrogen-bond donors (Lipinski definition) is 1. The maximum absolute atomic E-state index is 6.77. The van der Waals surface area contributed by atoms with Gasteiger partial charge in [0, 0.05) is 49.0 Å². The number of amidine groups is 2. The number of fused-ring (bicyclic) bond motifs is 10. The molecule has 8 aromatic carbocycles. The van der Waals surface area contributed by atoms with Crippen molar-refractivity contribution in [2.75, 3.05) is 0 Å². The van der Waals surface area contributed by atoms with E-state index >= 15 is 0 Å². The number of rotatable bonds is 4. The minimum Gasteiger partial charge on any atom is -0.456 e. The summed E-state index contributed by atoms with van der Waals surface area (Å²) in [6, 6.07) is 59.1. The Morgan fingerprint density at radius 2 is 1.13 bits per heavy atom. The molecule has 4 heterocycles. The van der Waals surface area contributed by atoms with E-state index in [0.29, 0.717) is 5.84 Å². The summed E-state index contributed by atoms with van der Waals surface area (Å²) in [4.78, 5) is 10.7. The lowest BCUT2D eigenvalue weighted by atomic mass is 10.0. The van der Waals surface area contributed by atoms with E-state index in [-0.39, 0.29) is 0 Å². The quantitative estimate of drug-likeness (QED) is 0.198. The number of para-hydroxylation sites is 4. The molecule has 1 atom stereocenters. The van der Waals surface area contributed by atoms with Crippen molar-refractivity contribution in [3.63, 3.8) is 0 Å². The molecule has 0 amide bonds. The summed E-state index contributed by atoms with van der Waals surface area (Å²) in [6.07, 6.45) is -0.466. The molecule has 0 bridgehead atoms. The molecule has 1 aliphatic heterocycles. The molecule has 11 aromatic rings. The van der Waals surface area contributed by atoms with Crippen LogP contribution in [0.25, 0.3) is 82.1 Å². The second-order valence-electron chi connectivity index (χ2n) is 14.2. The Labute approximate surface area is 314 Å². The van der Waals surface area contributed by atoms with Crippen LogP contribution in [0.15, 0.2) is 189 Å². The minimum absolute atomic E-state index is 0.466. The van der Waals surface area contributed by atoms with Crippen molar-refractivity contribution < 1.29 is 8.83 Å². The maximum atomic E-state index is 6.77. The average Bonchev–Trinajstić information content (AvgIpc) is 3.92. The largest absolute Gasteiger partial charge is 0.456 e. The van der Waals surface area contributed by atoms with E-state index in [9.17, 15) is 0 Å². The highest BCUT2D eigenvalue weighted by atomic mass is 16.3. The molecule has 1 aliphatic rings. The average molecular weight is 707 g/mol. The highest BCUT2D eigenvalue weighted by Gasteiger charge is 2.27. The van der Waals surface area contributed by atoms with Gasteiger partial charge in [0.15, 0.2) is 17.6 Å². The van der Waals surface area contributed by atoms with Gasteiger partial charge in [-0.3, -0.25) is 0 Å². The molecule has 1 N–H and O–H groups in total. The van der Waals surface area contributed by atoms with Crippen LogP contribution < -0.4 is 5.32 Å². The first-order valence-corrected chi connectivity index (χ1v) is 18.5. The van der Waals surface area contributed by atoms with Gasteiger partial charge in [0.05, 0.1) is 16.7 Å². The van der Waals surface area contributed by atoms with Gasteiger partial charge in [-0.1, -0.05) is 127 Å². The van der Waals surface area contributed by atoms with Gasteiger partial charge < -0.3 is 18.7 Å². The Hall–Kier alpha value is -7.44. The smallest absolute Gasteiger partial charge is 0.159 e. The number of aromatic nitrogens is 1. The lowest BCUT2D eigenvalue weighted by Crippen LogP contribution is -2.33. The molecule has 0 aliphatic carbocycles. The van der Waals surface area contributed by atoms with Crippen LogP contribution in [0.3, 0.4) is 0 Å². The second kappa shape index (κ2) is 11.5. The van der Waals surface area contributed by atoms with E-state index in [1.807, 2.05) is 48.5 Å². The Bertz CT molecular complexity index is 3420. The molecule has 0 saturated carbocycles. The molecule has 12 rings (SSSR count). The Morgan fingerprint density at radius 1 is 0.473 bits per heavy atom. The molecule has 6 heteroatoms. The third-order valence-electron chi connectivity index (χ3n) is 11.0. The molecule has 6 nitrogen and oxygen atoms in total. The van der Waals surface area contributed by atoms with Crippen LogP contribution in [0.5, 0.6) is 0 Å². The highest BCUT2D eigenvalue weighted by Crippen LogP contribution is 2.41. The van der Waals surface area contributed by atoms with E-state index in [1.165, 1.54) is 21.5 Å². The van der Waals surface area contributed by atoms with Gasteiger partial charge in [0.2, 0.25) is 0 Å². The molecule has 55 heavy (non-hydrogen) atoms. The van der Waals surface area contributed by atoms with Gasteiger partial charge in [-0.15, -0.1) is 0 Å². The zero-order valence-electron chi connectivity index (χ0n) is 29.4. The Balaban J connectivity index is 1.15. The summed E-state index contributed by atoms with van der Waals surface area (Å²) in [7, 11) is 0. The summed E-state index contributed by atoms with van der Waals surface area (Å²) in [5.41, 5.74) is 9.24. The van der Waals surface area contributed by atoms with Gasteiger partial charge in [-0.05, 0) is 53.2 Å². The van der Waals surface area contributed by atoms with Gasteiger partial charge in [-0.2, -0.15) is 0 Å². The fraction of sp³-hybridized carbons (Fsp3) is 0.0204. The lowest BCUT2D eigenvalue weighted by molar-refractivity contribution is 0.628. The maximum Gasteiger partial charge on any atom is 0.159 e. The van der Waals surface area contributed by atoms with Crippen LogP contribution in [0.4, 0.5) is 0 Å². The summed E-state index contributed by atoms with van der Waals surface area (Å²) < 4.78 is 15.6. The number of nitrogens with zero attached hydrogens (tertiary/aromatic N) is 3. The second-order valence-corrected chi connectivity index (χ2v) is 14.2. The number of nitrogens with one attached hydrogen (secondary N) is 1. The predicted molar refractivity (Wildman–Crippen MR) is 225 cm³/mol. The van der Waals surface area contributed by atoms with Crippen LogP contribution in [0.2, 0.25) is 0 Å². The third-order valence-corrected chi connectivity index (χ3v) is 11.0. The van der Waals surface area contributed by atoms with E-state index in [0.717, 1.165) is 83.1 Å². The molecule has 258 valence electrons. The van der Waals surface area contributed by atoms with Crippen LogP contribution in [0.1, 0.15) is 22.9 Å². The van der Waals surface area contributed by atoms with Crippen molar-refractivity contribution in [2.24, 2.45) is 9.98 Å². The van der Waals surface area contributed by atoms with Gasteiger partial charge >= 0.3 is 0 Å². The summed E-state index contributed by atoms with van der Waals surface area (Å²) in [6.45, 7) is 0. The molecule has 0 saturated heterocycles. The molecular formula is C49H30N4O2. The van der Waals surface area contributed by atoms with Crippen molar-refractivity contribution in [1.29, 1.82) is 0 Å². The van der Waals surface area contributed by atoms with E-state index in [4.69, 9.17) is 18.8 Å². The highest BCUT2D eigenvalue weighted by molar-refractivity contribution is 6.19. The number of aliphatic imine (C=N–C) groups is 2. The van der Waals surface area contributed by atoms with Crippen molar-refractivity contribution in [1.82, 2.24) is 9.88 Å². The zero-order valence-corrected chi connectivity index (χ0v) is 29.4. The van der Waals surface area contributed by atoms with Crippen molar-refractivity contribution >= 4 is 88.1 Å². The number of furan rings is 2. The number of hydrogen-bond acceptors (Lipinski definition) is 5. The van der Waals surface area contributed by atoms with Gasteiger partial charge in [0.25, 0.3) is 0 Å². The molecule has 0 spiro atoms. The summed E-state index contributed by atoms with van der Waals surface area (Å²) >= 11 is 0. The summed E-state index contributed by atoms with van der Waals surface area (Å²) in [5, 5.41) is 12.6. The SMILES string of the molecule is c1ccc(C2=NC(c3cc(-n4c5ccccc5c5cc6ccccc6cc54)c4oc5ccccc5c4c3)=NC(c3cccc4c3oc3ccccc34)N2)cc1. The topological polar surface area (TPSA) is 68.0 Å². The monoisotopic (exact) mass is 706 g/mol. The van der Waals surface area contributed by atoms with Crippen molar-refractivity contribution in [2.45, 2.75) is 6.17 Å². The summed E-state index contributed by atoms with van der Waals surface area (Å²) in [5.74, 6) is 1.36. The third kappa shape index (κ3) is 4.55. The van der Waals surface area contributed by atoms with Gasteiger partial charge in [-0.25, -0.2) is 9.98 Å². The van der Waals surface area contributed by atoms with E-state index in [2.05, 4.69) is 131 Å². The Morgan fingerprint density at radius 3 is 1.95 bits per heavy atom. The van der Waals surface area contributed by atoms with Crippen LogP contribution in [0, 0.1) is 0 Å². The molecule has 3 aromatic heterocycles. The van der Waals surface area contributed by atoms with Crippen LogP contribution in [-0.2, 0) is 0 Å². The fourth-order valence-electron chi connectivity index (χ4n) is 8.48. The van der Waals surface area contributed by atoms with Crippen molar-refractivity contribution in [3.8, 4) is 5.69 Å². The first kappa shape index (κ1) is 30.1. The first-order chi connectivity index (χ1) is 27.2. The lowest BCUT2D eigenvalue weighted by Gasteiger charge is -2.24. The predicted octanol–water partition coefficient (Wildman–Crippen LogP) is 12.2. The molecule has 0 radical (unpaired) electrons. The molecule has 0 fully saturated rings. The standard InChI is InChI=1S/C49H30N4O2/c1-2-13-29(14-3-1)47-50-48(52-49(51-47)37-21-12-20-36-34-18-7-10-23-43(34)54-45(36)37)32-26-39-35-19-8-11-24-44(35)55-46(39)42(28-32)53-40-22-9-6-17-33(40)38-25-30-15-4-5-16-31(30)27-41(38)53/h1-28,49H,(H,50,51,52). The molecule has 1 unspecified atom stereocenters. The zero-order chi connectivity index (χ0) is 36.0. The van der Waals surface area contributed by atoms with Crippen LogP contribution >= 0.6 is 0 Å². The van der Waals surface area contributed by atoms with Crippen molar-refractivity contribution in [3.05, 3.63) is 187 Å². The first-order valence-electron chi connectivity index (χ1n) is 18.5. The Kier molecular flexibility index (Phi) is 6.30. The van der Waals surface area contributed by atoms with Gasteiger partial charge in [0.1, 0.15) is 22.6 Å². The van der Waals surface area contributed by atoms with E-state index in [1.54, 1.807) is 0 Å². The van der Waals surface area contributed by atoms with Crippen LogP contribution in [-0.4, -0.2) is 16.2 Å². The van der Waals surface area contributed by atoms with E-state index < -0.39 is 6.17 Å². The minimum atomic E-state index is -0.466.